The van der Waals surface area contributed by atoms with Gasteiger partial charge in [0, 0.05) is 5.69 Å². The summed E-state index contributed by atoms with van der Waals surface area (Å²) in [4.78, 5) is 50.0. The number of ether oxygens (including phenoxy) is 2. The number of carbonyl (C=O) groups is 4. The van der Waals surface area contributed by atoms with E-state index in [0.29, 0.717) is 35.1 Å². The molecule has 1 aromatic heterocycles. The molecular formula is C28H26N2O8S. The summed E-state index contributed by atoms with van der Waals surface area (Å²) in [5, 5.41) is 11.2. The molecule has 1 saturated heterocycles. The van der Waals surface area contributed by atoms with E-state index in [-0.39, 0.29) is 17.3 Å². The Kier molecular flexibility index (Phi) is 8.40. The number of imide groups is 1. The summed E-state index contributed by atoms with van der Waals surface area (Å²) in [5.41, 5.74) is 3.27. The number of furan rings is 1. The van der Waals surface area contributed by atoms with Gasteiger partial charge in [0.15, 0.2) is 11.5 Å². The summed E-state index contributed by atoms with van der Waals surface area (Å²) in [6.45, 7) is 5.62. The minimum Gasteiger partial charge on any atom is -0.490 e. The average Bonchev–Trinajstić information content (AvgIpc) is 3.47. The maximum atomic E-state index is 12.9. The third-order valence-corrected chi connectivity index (χ3v) is 6.68. The van der Waals surface area contributed by atoms with E-state index in [2.05, 4.69) is 5.32 Å². The second-order valence-corrected chi connectivity index (χ2v) is 9.61. The molecule has 202 valence electrons. The van der Waals surface area contributed by atoms with Gasteiger partial charge in [0.1, 0.15) is 18.9 Å². The number of hydrogen-bond donors (Lipinski definition) is 2. The van der Waals surface area contributed by atoms with Crippen molar-refractivity contribution in [2.24, 2.45) is 0 Å². The quantitative estimate of drug-likeness (QED) is 0.325. The summed E-state index contributed by atoms with van der Waals surface area (Å²) >= 11 is 0.751. The summed E-state index contributed by atoms with van der Waals surface area (Å²) in [5.74, 6) is -1.30. The van der Waals surface area contributed by atoms with Crippen LogP contribution in [0.3, 0.4) is 0 Å². The van der Waals surface area contributed by atoms with Crippen LogP contribution in [0.25, 0.3) is 6.08 Å². The van der Waals surface area contributed by atoms with E-state index in [1.165, 1.54) is 12.1 Å². The monoisotopic (exact) mass is 550 g/mol. The third kappa shape index (κ3) is 6.68. The van der Waals surface area contributed by atoms with Crippen LogP contribution in [0.5, 0.6) is 11.5 Å². The molecule has 0 spiro atoms. The molecule has 0 aliphatic carbocycles. The van der Waals surface area contributed by atoms with Crippen LogP contribution in [-0.2, 0) is 16.2 Å². The fraction of sp³-hybridized carbons (Fsp3) is 0.214. The lowest BCUT2D eigenvalue weighted by Gasteiger charge is -2.13. The first-order valence-corrected chi connectivity index (χ1v) is 12.8. The van der Waals surface area contributed by atoms with Crippen LogP contribution in [0.2, 0.25) is 0 Å². The van der Waals surface area contributed by atoms with Gasteiger partial charge in [0.25, 0.3) is 11.1 Å². The highest BCUT2D eigenvalue weighted by Gasteiger charge is 2.36. The van der Waals surface area contributed by atoms with Gasteiger partial charge in [-0.05, 0) is 91.7 Å². The van der Waals surface area contributed by atoms with Crippen molar-refractivity contribution in [1.82, 2.24) is 4.90 Å². The minimum absolute atomic E-state index is 0.0180. The Balaban J connectivity index is 1.43. The Bertz CT molecular complexity index is 1480. The number of nitrogens with zero attached hydrogens (tertiary/aromatic N) is 1. The van der Waals surface area contributed by atoms with Gasteiger partial charge in [0.05, 0.1) is 11.5 Å². The molecule has 1 fully saturated rings. The van der Waals surface area contributed by atoms with Crippen LogP contribution < -0.4 is 14.8 Å². The molecule has 2 N–H and O–H groups in total. The summed E-state index contributed by atoms with van der Waals surface area (Å²) in [7, 11) is 0. The Morgan fingerprint density at radius 1 is 1.03 bits per heavy atom. The molecule has 3 amide bonds. The Hall–Kier alpha value is -4.51. The molecule has 0 bridgehead atoms. The molecule has 0 unspecified atom stereocenters. The third-order valence-electron chi connectivity index (χ3n) is 5.77. The fourth-order valence-corrected chi connectivity index (χ4v) is 4.51. The largest absolute Gasteiger partial charge is 0.490 e. The van der Waals surface area contributed by atoms with Gasteiger partial charge in [-0.2, -0.15) is 0 Å². The number of anilines is 1. The van der Waals surface area contributed by atoms with E-state index in [1.54, 1.807) is 37.3 Å². The van der Waals surface area contributed by atoms with Crippen molar-refractivity contribution in [2.75, 3.05) is 18.5 Å². The molecular weight excluding hydrogens is 524 g/mol. The molecule has 1 aliphatic heterocycles. The first-order chi connectivity index (χ1) is 18.6. The van der Waals surface area contributed by atoms with Gasteiger partial charge in [0.2, 0.25) is 11.7 Å². The lowest BCUT2D eigenvalue weighted by molar-refractivity contribution is -0.127. The van der Waals surface area contributed by atoms with Gasteiger partial charge < -0.3 is 24.3 Å². The molecule has 0 radical (unpaired) electrons. The van der Waals surface area contributed by atoms with Crippen LogP contribution in [-0.4, -0.2) is 46.2 Å². The predicted molar refractivity (Wildman–Crippen MR) is 145 cm³/mol. The highest BCUT2D eigenvalue weighted by molar-refractivity contribution is 8.18. The zero-order valence-electron chi connectivity index (χ0n) is 21.5. The summed E-state index contributed by atoms with van der Waals surface area (Å²) in [6.07, 6.45) is 1.55. The number of nitrogens with one attached hydrogen (secondary N) is 1. The lowest BCUT2D eigenvalue weighted by Crippen LogP contribution is -2.36. The smallest absolute Gasteiger partial charge is 0.371 e. The van der Waals surface area contributed by atoms with E-state index in [1.807, 2.05) is 26.0 Å². The van der Waals surface area contributed by atoms with Crippen LogP contribution in [0.1, 0.15) is 39.9 Å². The Labute approximate surface area is 228 Å². The van der Waals surface area contributed by atoms with Crippen molar-refractivity contribution in [1.29, 1.82) is 0 Å². The molecule has 2 aromatic carbocycles. The van der Waals surface area contributed by atoms with E-state index < -0.39 is 29.6 Å². The molecule has 1 aliphatic rings. The number of amides is 3. The number of carboxylic acids is 1. The molecule has 11 heteroatoms. The molecule has 39 heavy (non-hydrogen) atoms. The van der Waals surface area contributed by atoms with Crippen molar-refractivity contribution >= 4 is 46.5 Å². The molecule has 0 atom stereocenters. The van der Waals surface area contributed by atoms with Gasteiger partial charge >= 0.3 is 5.97 Å². The van der Waals surface area contributed by atoms with E-state index in [0.717, 1.165) is 27.8 Å². The van der Waals surface area contributed by atoms with E-state index in [9.17, 15) is 19.2 Å². The van der Waals surface area contributed by atoms with Crippen LogP contribution >= 0.6 is 11.8 Å². The van der Waals surface area contributed by atoms with Crippen molar-refractivity contribution in [3.8, 4) is 11.5 Å². The second kappa shape index (κ2) is 11.9. The van der Waals surface area contributed by atoms with Crippen LogP contribution in [0.4, 0.5) is 10.5 Å². The van der Waals surface area contributed by atoms with Crippen molar-refractivity contribution in [3.05, 3.63) is 81.6 Å². The number of aryl methyl sites for hydroxylation is 2. The van der Waals surface area contributed by atoms with Crippen LogP contribution in [0.15, 0.2) is 57.9 Å². The van der Waals surface area contributed by atoms with Crippen LogP contribution in [0, 0.1) is 13.8 Å². The average molecular weight is 551 g/mol. The lowest BCUT2D eigenvalue weighted by atomic mass is 10.1. The number of carboxylic acid groups (broad SMARTS) is 1. The highest BCUT2D eigenvalue weighted by Crippen LogP contribution is 2.35. The maximum absolute atomic E-state index is 12.9. The zero-order chi connectivity index (χ0) is 28.1. The number of thioether (sulfide) groups is 1. The SMILES string of the molecule is CCOc1cc(C=C2SC(=O)N(CC(=O)Nc3ccc(C)c(C)c3)C2=O)ccc1OCc1ccc(C(=O)O)o1. The fourth-order valence-electron chi connectivity index (χ4n) is 3.67. The minimum atomic E-state index is -1.17. The van der Waals surface area contributed by atoms with Crippen molar-refractivity contribution < 1.29 is 38.2 Å². The van der Waals surface area contributed by atoms with Gasteiger partial charge in [-0.1, -0.05) is 12.1 Å². The zero-order valence-corrected chi connectivity index (χ0v) is 22.3. The normalized spacial score (nSPS) is 14.1. The molecule has 4 rings (SSSR count). The van der Waals surface area contributed by atoms with Gasteiger partial charge in [-0.25, -0.2) is 4.79 Å². The predicted octanol–water partition coefficient (Wildman–Crippen LogP) is 5.25. The van der Waals surface area contributed by atoms with Gasteiger partial charge in [-0.3, -0.25) is 19.3 Å². The molecule has 10 nitrogen and oxygen atoms in total. The molecule has 2 heterocycles. The highest BCUT2D eigenvalue weighted by atomic mass is 32.2. The summed E-state index contributed by atoms with van der Waals surface area (Å²) in [6, 6.07) is 13.3. The maximum Gasteiger partial charge on any atom is 0.371 e. The number of hydrogen-bond acceptors (Lipinski definition) is 8. The number of aromatic carboxylic acids is 1. The number of carbonyl (C=O) groups excluding carboxylic acids is 3. The van der Waals surface area contributed by atoms with Crippen molar-refractivity contribution in [3.63, 3.8) is 0 Å². The first kappa shape index (κ1) is 27.5. The van der Waals surface area contributed by atoms with Gasteiger partial charge in [-0.15, -0.1) is 0 Å². The number of rotatable bonds is 10. The Morgan fingerprint density at radius 2 is 1.82 bits per heavy atom. The van der Waals surface area contributed by atoms with E-state index in [4.69, 9.17) is 19.0 Å². The first-order valence-electron chi connectivity index (χ1n) is 12.0. The van der Waals surface area contributed by atoms with Crippen molar-refractivity contribution in [2.45, 2.75) is 27.4 Å². The molecule has 3 aromatic rings. The summed E-state index contributed by atoms with van der Waals surface area (Å²) < 4.78 is 16.6. The Morgan fingerprint density at radius 3 is 2.51 bits per heavy atom. The topological polar surface area (TPSA) is 135 Å². The second-order valence-electron chi connectivity index (χ2n) is 8.61. The molecule has 0 saturated carbocycles. The standard InChI is InChI=1S/C28H26N2O8S/c1-4-36-23-12-18(6-9-21(23)37-15-20-8-10-22(38-20)27(33)34)13-24-26(32)30(28(35)39-24)14-25(31)29-19-7-5-16(2)17(3)11-19/h5-13H,4,14-15H2,1-3H3,(H,29,31)(H,33,34). The van der Waals surface area contributed by atoms with E-state index >= 15 is 0 Å². The number of benzene rings is 2.